The van der Waals surface area contributed by atoms with Crippen LogP contribution in [-0.2, 0) is 6.54 Å². The zero-order valence-electron chi connectivity index (χ0n) is 16.8. The molecule has 0 bridgehead atoms. The van der Waals surface area contributed by atoms with Gasteiger partial charge in [-0.05, 0) is 79.9 Å². The second-order valence-corrected chi connectivity index (χ2v) is 9.15. The molecule has 2 aromatic rings. The van der Waals surface area contributed by atoms with E-state index in [4.69, 9.17) is 27.9 Å². The van der Waals surface area contributed by atoms with Crippen molar-refractivity contribution in [3.63, 3.8) is 0 Å². The highest BCUT2D eigenvalue weighted by molar-refractivity contribution is 6.35. The van der Waals surface area contributed by atoms with Gasteiger partial charge in [0.05, 0.1) is 17.2 Å². The van der Waals surface area contributed by atoms with Gasteiger partial charge >= 0.3 is 5.97 Å². The van der Waals surface area contributed by atoms with E-state index in [0.717, 1.165) is 44.3 Å². The number of ether oxygens (including phenoxy) is 1. The van der Waals surface area contributed by atoms with Gasteiger partial charge < -0.3 is 9.84 Å². The second kappa shape index (κ2) is 9.31. The largest absolute Gasteiger partial charge is 0.493 e. The van der Waals surface area contributed by atoms with Gasteiger partial charge in [-0.2, -0.15) is 0 Å². The van der Waals surface area contributed by atoms with E-state index in [1.54, 1.807) is 0 Å². The first-order valence-electron chi connectivity index (χ1n) is 10.4. The third kappa shape index (κ3) is 5.30. The van der Waals surface area contributed by atoms with Gasteiger partial charge in [-0.15, -0.1) is 0 Å². The summed E-state index contributed by atoms with van der Waals surface area (Å²) in [6.45, 7) is 2.64. The van der Waals surface area contributed by atoms with E-state index in [2.05, 4.69) is 4.90 Å². The van der Waals surface area contributed by atoms with Crippen molar-refractivity contribution in [2.45, 2.75) is 38.1 Å². The third-order valence-electron chi connectivity index (χ3n) is 6.01. The molecule has 2 fully saturated rings. The lowest BCUT2D eigenvalue weighted by atomic mass is 9.97. The average Bonchev–Trinajstić information content (AvgIpc) is 3.56. The molecule has 0 aromatic heterocycles. The van der Waals surface area contributed by atoms with E-state index in [0.29, 0.717) is 35.4 Å². The fourth-order valence-corrected chi connectivity index (χ4v) is 4.46. The summed E-state index contributed by atoms with van der Waals surface area (Å²) in [5, 5.41) is 9.64. The van der Waals surface area contributed by atoms with Crippen LogP contribution in [0.5, 0.6) is 5.75 Å². The highest BCUT2D eigenvalue weighted by Gasteiger charge is 2.30. The predicted molar refractivity (Wildman–Crippen MR) is 115 cm³/mol. The molecule has 8 heteroatoms. The van der Waals surface area contributed by atoms with Gasteiger partial charge in [0.2, 0.25) is 0 Å². The zero-order valence-corrected chi connectivity index (χ0v) is 18.4. The Morgan fingerprint density at radius 2 is 1.74 bits per heavy atom. The van der Waals surface area contributed by atoms with Crippen LogP contribution in [0, 0.1) is 17.6 Å². The Morgan fingerprint density at radius 3 is 2.39 bits per heavy atom. The molecule has 1 saturated carbocycles. The molecule has 4 rings (SSSR count). The van der Waals surface area contributed by atoms with Crippen molar-refractivity contribution in [1.29, 1.82) is 0 Å². The minimum atomic E-state index is -1.26. The number of likely N-dealkylation sites (tertiary alicyclic amines) is 1. The molecule has 0 radical (unpaired) electrons. The molecule has 1 N–H and O–H groups in total. The standard InChI is InChI=1S/C23H23Cl2F2NO3/c24-18-9-19(25)21(27)7-15(18)11-28-5-3-13(4-6-28)12-31-22-10-20(26)17(23(29)30)8-16(22)14-1-2-14/h7-10,13-14H,1-6,11-12H2,(H,29,30). The van der Waals surface area contributed by atoms with E-state index in [1.807, 2.05) is 0 Å². The lowest BCUT2D eigenvalue weighted by Gasteiger charge is -2.32. The Balaban J connectivity index is 1.33. The molecule has 1 saturated heterocycles. The summed E-state index contributed by atoms with van der Waals surface area (Å²) < 4.78 is 33.9. The van der Waals surface area contributed by atoms with E-state index < -0.39 is 17.6 Å². The maximum absolute atomic E-state index is 14.2. The van der Waals surface area contributed by atoms with Crippen molar-refractivity contribution in [3.05, 3.63) is 62.6 Å². The van der Waals surface area contributed by atoms with Crippen LogP contribution in [-0.4, -0.2) is 35.7 Å². The van der Waals surface area contributed by atoms with Gasteiger partial charge in [-0.1, -0.05) is 23.2 Å². The molecular weight excluding hydrogens is 447 g/mol. The molecule has 0 amide bonds. The fourth-order valence-electron chi connectivity index (χ4n) is 4.02. The first-order valence-corrected chi connectivity index (χ1v) is 11.1. The van der Waals surface area contributed by atoms with Crippen LogP contribution in [0.4, 0.5) is 8.78 Å². The van der Waals surface area contributed by atoms with Crippen molar-refractivity contribution in [2.75, 3.05) is 19.7 Å². The fraction of sp³-hybridized carbons (Fsp3) is 0.435. The highest BCUT2D eigenvalue weighted by Crippen LogP contribution is 2.45. The van der Waals surface area contributed by atoms with E-state index in [9.17, 15) is 18.7 Å². The summed E-state index contributed by atoms with van der Waals surface area (Å²) in [7, 11) is 0. The van der Waals surface area contributed by atoms with Crippen molar-refractivity contribution in [2.24, 2.45) is 5.92 Å². The monoisotopic (exact) mass is 469 g/mol. The molecule has 1 aliphatic heterocycles. The lowest BCUT2D eigenvalue weighted by molar-refractivity contribution is 0.0691. The number of rotatable bonds is 7. The van der Waals surface area contributed by atoms with E-state index in [-0.39, 0.29) is 16.5 Å². The Hall–Kier alpha value is -1.89. The zero-order chi connectivity index (χ0) is 22.1. The summed E-state index contributed by atoms with van der Waals surface area (Å²) in [5.74, 6) is -1.50. The van der Waals surface area contributed by atoms with Crippen LogP contribution in [0.15, 0.2) is 24.3 Å². The molecule has 0 unspecified atom stereocenters. The van der Waals surface area contributed by atoms with Crippen LogP contribution < -0.4 is 4.74 Å². The van der Waals surface area contributed by atoms with Gasteiger partial charge in [0.15, 0.2) is 0 Å². The minimum Gasteiger partial charge on any atom is -0.493 e. The molecule has 0 spiro atoms. The van der Waals surface area contributed by atoms with Crippen molar-refractivity contribution < 1.29 is 23.4 Å². The molecule has 0 atom stereocenters. The number of carboxylic acids is 1. The summed E-state index contributed by atoms with van der Waals surface area (Å²) in [6, 6.07) is 5.45. The number of benzene rings is 2. The average molecular weight is 470 g/mol. The first-order chi connectivity index (χ1) is 14.8. The predicted octanol–water partition coefficient (Wildman–Crippen LogP) is 6.14. The van der Waals surface area contributed by atoms with Gasteiger partial charge in [0, 0.05) is 17.6 Å². The van der Waals surface area contributed by atoms with E-state index >= 15 is 0 Å². The maximum Gasteiger partial charge on any atom is 0.338 e. The Labute approximate surface area is 189 Å². The molecule has 31 heavy (non-hydrogen) atoms. The van der Waals surface area contributed by atoms with Gasteiger partial charge in [0.1, 0.15) is 17.4 Å². The Bertz CT molecular complexity index is 989. The number of carbonyl (C=O) groups is 1. The normalized spacial score (nSPS) is 17.7. The summed E-state index contributed by atoms with van der Waals surface area (Å²) in [4.78, 5) is 13.4. The van der Waals surface area contributed by atoms with Gasteiger partial charge in [0.25, 0.3) is 0 Å². The molecule has 1 heterocycles. The molecule has 4 nitrogen and oxygen atoms in total. The van der Waals surface area contributed by atoms with Gasteiger partial charge in [-0.25, -0.2) is 13.6 Å². The highest BCUT2D eigenvalue weighted by atomic mass is 35.5. The van der Waals surface area contributed by atoms with Crippen molar-refractivity contribution in [1.82, 2.24) is 4.90 Å². The number of halogens is 4. The van der Waals surface area contributed by atoms with Crippen molar-refractivity contribution >= 4 is 29.2 Å². The third-order valence-corrected chi connectivity index (χ3v) is 6.65. The first kappa shape index (κ1) is 22.3. The molecule has 1 aliphatic carbocycles. The van der Waals surface area contributed by atoms with Crippen LogP contribution in [0.25, 0.3) is 0 Å². The number of carboxylic acid groups (broad SMARTS) is 1. The number of hydrogen-bond donors (Lipinski definition) is 1. The van der Waals surface area contributed by atoms with Crippen LogP contribution >= 0.6 is 23.2 Å². The summed E-state index contributed by atoms with van der Waals surface area (Å²) in [6.07, 6.45) is 3.71. The number of piperidine rings is 1. The molecule has 2 aliphatic rings. The number of hydrogen-bond acceptors (Lipinski definition) is 3. The molecular formula is C23H23Cl2F2NO3. The SMILES string of the molecule is O=C(O)c1cc(C2CC2)c(OCC2CCN(Cc3cc(F)c(Cl)cc3Cl)CC2)cc1F. The lowest BCUT2D eigenvalue weighted by Crippen LogP contribution is -2.35. The molecule has 2 aromatic carbocycles. The van der Waals surface area contributed by atoms with Crippen LogP contribution in [0.1, 0.15) is 53.1 Å². The van der Waals surface area contributed by atoms with Gasteiger partial charge in [-0.3, -0.25) is 4.90 Å². The number of aromatic carboxylic acids is 1. The van der Waals surface area contributed by atoms with Crippen LogP contribution in [0.2, 0.25) is 10.0 Å². The molecule has 166 valence electrons. The van der Waals surface area contributed by atoms with Crippen LogP contribution in [0.3, 0.4) is 0 Å². The maximum atomic E-state index is 14.2. The number of nitrogens with zero attached hydrogens (tertiary/aromatic N) is 1. The Kier molecular flexibility index (Phi) is 6.70. The minimum absolute atomic E-state index is 0.0167. The van der Waals surface area contributed by atoms with E-state index in [1.165, 1.54) is 24.3 Å². The topological polar surface area (TPSA) is 49.8 Å². The smallest absolute Gasteiger partial charge is 0.338 e. The summed E-state index contributed by atoms with van der Waals surface area (Å²) >= 11 is 12.0. The second-order valence-electron chi connectivity index (χ2n) is 8.34. The summed E-state index contributed by atoms with van der Waals surface area (Å²) in [5.41, 5.74) is 1.19. The Morgan fingerprint density at radius 1 is 1.03 bits per heavy atom. The quantitative estimate of drug-likeness (QED) is 0.494. The van der Waals surface area contributed by atoms with Crippen molar-refractivity contribution in [3.8, 4) is 5.75 Å².